The van der Waals surface area contributed by atoms with E-state index < -0.39 is 0 Å². The number of aromatic nitrogens is 3. The summed E-state index contributed by atoms with van der Waals surface area (Å²) in [7, 11) is 0. The molecule has 7 nitrogen and oxygen atoms in total. The summed E-state index contributed by atoms with van der Waals surface area (Å²) in [5, 5.41) is 14.4. The first-order chi connectivity index (χ1) is 12.0. The van der Waals surface area contributed by atoms with E-state index >= 15 is 0 Å². The Morgan fingerprint density at radius 2 is 2.12 bits per heavy atom. The van der Waals surface area contributed by atoms with Crippen LogP contribution >= 0.6 is 0 Å². The number of hydrogen-bond donors (Lipinski definition) is 2. The first-order valence-electron chi connectivity index (χ1n) is 8.57. The van der Waals surface area contributed by atoms with Crippen LogP contribution in [0.3, 0.4) is 0 Å². The zero-order valence-electron chi connectivity index (χ0n) is 14.9. The van der Waals surface area contributed by atoms with Crippen LogP contribution in [-0.4, -0.2) is 38.7 Å². The average molecular weight is 340 g/mol. The van der Waals surface area contributed by atoms with Gasteiger partial charge in [-0.15, -0.1) is 5.10 Å². The second kappa shape index (κ2) is 7.46. The number of hydrogen-bond acceptors (Lipinski definition) is 5. The van der Waals surface area contributed by atoms with Gasteiger partial charge in [-0.25, -0.2) is 4.79 Å². The molecule has 0 radical (unpaired) electrons. The molecule has 3 rings (SSSR count). The van der Waals surface area contributed by atoms with E-state index in [4.69, 9.17) is 0 Å². The Hall–Kier alpha value is -2.70. The van der Waals surface area contributed by atoms with Gasteiger partial charge in [0.05, 0.1) is 5.69 Å². The number of aryl methyl sites for hydroxylation is 1. The van der Waals surface area contributed by atoms with Crippen molar-refractivity contribution in [2.24, 2.45) is 0 Å². The van der Waals surface area contributed by atoms with Gasteiger partial charge in [-0.05, 0) is 56.0 Å². The first-order valence-corrected chi connectivity index (χ1v) is 8.57. The second-order valence-electron chi connectivity index (χ2n) is 6.63. The van der Waals surface area contributed by atoms with Crippen molar-refractivity contribution in [1.82, 2.24) is 25.4 Å². The van der Waals surface area contributed by atoms with Gasteiger partial charge in [0.1, 0.15) is 5.82 Å². The van der Waals surface area contributed by atoms with Crippen LogP contribution in [0.5, 0.6) is 0 Å². The smallest absolute Gasteiger partial charge is 0.317 e. The largest absolute Gasteiger partial charge is 0.364 e. The maximum atomic E-state index is 12.2. The molecule has 7 heteroatoms. The highest BCUT2D eigenvalue weighted by molar-refractivity contribution is 5.74. The topological polar surface area (TPSA) is 83.0 Å². The molecule has 0 fully saturated rings. The molecule has 0 bridgehead atoms. The minimum Gasteiger partial charge on any atom is -0.364 e. The molecule has 2 N–H and O–H groups in total. The van der Waals surface area contributed by atoms with Crippen LogP contribution in [-0.2, 0) is 19.5 Å². The molecular formula is C18H24N6O. The zero-order chi connectivity index (χ0) is 17.8. The molecule has 0 aromatic carbocycles. The van der Waals surface area contributed by atoms with E-state index in [-0.39, 0.29) is 12.1 Å². The van der Waals surface area contributed by atoms with Crippen LogP contribution in [0.4, 0.5) is 10.6 Å². The first kappa shape index (κ1) is 17.1. The second-order valence-corrected chi connectivity index (χ2v) is 6.63. The van der Waals surface area contributed by atoms with Crippen molar-refractivity contribution in [3.8, 4) is 0 Å². The van der Waals surface area contributed by atoms with E-state index in [0.717, 1.165) is 29.1 Å². The molecule has 0 aliphatic carbocycles. The Kier molecular flexibility index (Phi) is 5.11. The highest BCUT2D eigenvalue weighted by Crippen LogP contribution is 2.22. The fraction of sp³-hybridized carbons (Fsp3) is 0.444. The van der Waals surface area contributed by atoms with Gasteiger partial charge in [0.25, 0.3) is 0 Å². The van der Waals surface area contributed by atoms with Crippen LogP contribution in [0.15, 0.2) is 24.5 Å². The van der Waals surface area contributed by atoms with Crippen LogP contribution in [0.2, 0.25) is 0 Å². The molecular weight excluding hydrogens is 316 g/mol. The summed E-state index contributed by atoms with van der Waals surface area (Å²) < 4.78 is 0. The standard InChI is InChI=1S/C18H24N6O/c1-12(2)21-18(25)24-7-6-16-14(8-19-9-15(16)11-24)10-20-17-5-4-13(3)22-23-17/h4-5,8-9,12H,6-7,10-11H2,1-3H3,(H,20,23)(H,21,25). The lowest BCUT2D eigenvalue weighted by molar-refractivity contribution is 0.189. The van der Waals surface area contributed by atoms with Crippen LogP contribution in [0.25, 0.3) is 0 Å². The quantitative estimate of drug-likeness (QED) is 0.892. The summed E-state index contributed by atoms with van der Waals surface area (Å²) in [6, 6.07) is 3.97. The number of urea groups is 1. The van der Waals surface area contributed by atoms with Gasteiger partial charge < -0.3 is 15.5 Å². The van der Waals surface area contributed by atoms with E-state index in [1.807, 2.05) is 50.2 Å². The number of carbonyl (C=O) groups is 1. The van der Waals surface area contributed by atoms with E-state index in [1.54, 1.807) is 0 Å². The number of fused-ring (bicyclic) bond motifs is 1. The van der Waals surface area contributed by atoms with Gasteiger partial charge in [0.15, 0.2) is 0 Å². The summed E-state index contributed by atoms with van der Waals surface area (Å²) in [4.78, 5) is 18.4. The molecule has 2 aromatic heterocycles. The maximum absolute atomic E-state index is 12.2. The van der Waals surface area contributed by atoms with Gasteiger partial charge in [-0.3, -0.25) is 4.98 Å². The predicted molar refractivity (Wildman–Crippen MR) is 96.1 cm³/mol. The van der Waals surface area contributed by atoms with Gasteiger partial charge in [-0.1, -0.05) is 0 Å². The molecule has 0 saturated heterocycles. The molecule has 0 spiro atoms. The normalized spacial score (nSPS) is 13.5. The Morgan fingerprint density at radius 3 is 2.84 bits per heavy atom. The van der Waals surface area contributed by atoms with Gasteiger partial charge in [0.2, 0.25) is 0 Å². The predicted octanol–water partition coefficient (Wildman–Crippen LogP) is 2.27. The van der Waals surface area contributed by atoms with Gasteiger partial charge in [-0.2, -0.15) is 5.10 Å². The molecule has 0 unspecified atom stereocenters. The van der Waals surface area contributed by atoms with E-state index in [1.165, 1.54) is 5.56 Å². The summed E-state index contributed by atoms with van der Waals surface area (Å²) in [5.41, 5.74) is 4.42. The summed E-state index contributed by atoms with van der Waals surface area (Å²) in [6.45, 7) is 7.80. The molecule has 0 atom stereocenters. The summed E-state index contributed by atoms with van der Waals surface area (Å²) in [6.07, 6.45) is 4.58. The summed E-state index contributed by atoms with van der Waals surface area (Å²) in [5.74, 6) is 0.747. The van der Waals surface area contributed by atoms with E-state index in [2.05, 4.69) is 25.8 Å². The third kappa shape index (κ3) is 4.23. The average Bonchev–Trinajstić information content (AvgIpc) is 2.60. The third-order valence-electron chi connectivity index (χ3n) is 4.19. The molecule has 2 aromatic rings. The monoisotopic (exact) mass is 340 g/mol. The zero-order valence-corrected chi connectivity index (χ0v) is 14.9. The van der Waals surface area contributed by atoms with E-state index in [0.29, 0.717) is 19.6 Å². The number of nitrogens with one attached hydrogen (secondary N) is 2. The van der Waals surface area contributed by atoms with Crippen molar-refractivity contribution in [1.29, 1.82) is 0 Å². The molecule has 132 valence electrons. The number of amides is 2. The van der Waals surface area contributed by atoms with E-state index in [9.17, 15) is 4.79 Å². The number of rotatable bonds is 4. The molecule has 1 aliphatic heterocycles. The van der Waals surface area contributed by atoms with Crippen molar-refractivity contribution in [2.75, 3.05) is 11.9 Å². The Labute approximate surface area is 147 Å². The number of nitrogens with zero attached hydrogens (tertiary/aromatic N) is 4. The lowest BCUT2D eigenvalue weighted by atomic mass is 9.97. The Bertz CT molecular complexity index is 744. The Balaban J connectivity index is 1.68. The maximum Gasteiger partial charge on any atom is 0.317 e. The lowest BCUT2D eigenvalue weighted by Crippen LogP contribution is -2.45. The third-order valence-corrected chi connectivity index (χ3v) is 4.19. The number of anilines is 1. The summed E-state index contributed by atoms with van der Waals surface area (Å²) >= 11 is 0. The molecule has 0 saturated carbocycles. The fourth-order valence-electron chi connectivity index (χ4n) is 2.91. The number of carbonyl (C=O) groups excluding carboxylic acids is 1. The van der Waals surface area contributed by atoms with Crippen LogP contribution in [0.1, 0.15) is 36.2 Å². The highest BCUT2D eigenvalue weighted by Gasteiger charge is 2.23. The SMILES string of the molecule is Cc1ccc(NCc2cncc3c2CCN(C(=O)NC(C)C)C3)nn1. The highest BCUT2D eigenvalue weighted by atomic mass is 16.2. The molecule has 1 aliphatic rings. The number of pyridine rings is 1. The van der Waals surface area contributed by atoms with Gasteiger partial charge in [0, 0.05) is 38.1 Å². The Morgan fingerprint density at radius 1 is 1.28 bits per heavy atom. The minimum atomic E-state index is -0.0147. The fourth-order valence-corrected chi connectivity index (χ4v) is 2.91. The van der Waals surface area contributed by atoms with Crippen molar-refractivity contribution in [3.63, 3.8) is 0 Å². The van der Waals surface area contributed by atoms with Crippen molar-refractivity contribution in [3.05, 3.63) is 46.9 Å². The molecule has 25 heavy (non-hydrogen) atoms. The molecule has 2 amide bonds. The van der Waals surface area contributed by atoms with Crippen molar-refractivity contribution < 1.29 is 4.79 Å². The minimum absolute atomic E-state index is 0.0147. The van der Waals surface area contributed by atoms with Crippen molar-refractivity contribution in [2.45, 2.75) is 46.3 Å². The van der Waals surface area contributed by atoms with Gasteiger partial charge >= 0.3 is 6.03 Å². The van der Waals surface area contributed by atoms with Crippen LogP contribution in [0, 0.1) is 6.92 Å². The van der Waals surface area contributed by atoms with Crippen LogP contribution < -0.4 is 10.6 Å². The van der Waals surface area contributed by atoms with Crippen molar-refractivity contribution >= 4 is 11.8 Å². The lowest BCUT2D eigenvalue weighted by Gasteiger charge is -2.30. The molecule has 3 heterocycles.